The molecule has 0 radical (unpaired) electrons. The summed E-state index contributed by atoms with van der Waals surface area (Å²) in [6, 6.07) is 3.96. The van der Waals surface area contributed by atoms with Crippen LogP contribution in [0.3, 0.4) is 0 Å². The lowest BCUT2D eigenvalue weighted by atomic mass is 10.3. The van der Waals surface area contributed by atoms with Gasteiger partial charge < -0.3 is 5.32 Å². The van der Waals surface area contributed by atoms with Crippen LogP contribution in [0.15, 0.2) is 24.5 Å². The number of hydrogen-bond donors (Lipinski definition) is 1. The van der Waals surface area contributed by atoms with Crippen molar-refractivity contribution in [3.63, 3.8) is 0 Å². The van der Waals surface area contributed by atoms with Gasteiger partial charge in [-0.25, -0.2) is 4.98 Å². The van der Waals surface area contributed by atoms with Crippen LogP contribution < -0.4 is 5.32 Å². The van der Waals surface area contributed by atoms with E-state index < -0.39 is 0 Å². The van der Waals surface area contributed by atoms with Crippen molar-refractivity contribution in [3.8, 4) is 5.69 Å². The van der Waals surface area contributed by atoms with E-state index in [1.54, 1.807) is 6.20 Å². The van der Waals surface area contributed by atoms with Crippen molar-refractivity contribution in [2.45, 2.75) is 13.8 Å². The Morgan fingerprint density at radius 1 is 1.33 bits per heavy atom. The standard InChI is InChI=1S/C11H14N4/c1-8-7-15(11(12-3)14-8)10-5-4-6-13-9(10)2/h4-7H,1-3H3,(H,12,14). The van der Waals surface area contributed by atoms with Crippen LogP contribution in [0.2, 0.25) is 0 Å². The number of aromatic nitrogens is 3. The highest BCUT2D eigenvalue weighted by atomic mass is 15.2. The molecule has 1 N–H and O–H groups in total. The normalized spacial score (nSPS) is 10.3. The summed E-state index contributed by atoms with van der Waals surface area (Å²) in [4.78, 5) is 8.63. The molecule has 0 saturated heterocycles. The summed E-state index contributed by atoms with van der Waals surface area (Å²) in [7, 11) is 1.87. The molecule has 0 fully saturated rings. The van der Waals surface area contributed by atoms with Gasteiger partial charge in [-0.1, -0.05) is 0 Å². The van der Waals surface area contributed by atoms with Crippen molar-refractivity contribution in [1.82, 2.24) is 14.5 Å². The number of nitrogens with zero attached hydrogens (tertiary/aromatic N) is 3. The minimum atomic E-state index is 0.837. The third-order valence-electron chi connectivity index (χ3n) is 2.29. The third kappa shape index (κ3) is 1.70. The zero-order chi connectivity index (χ0) is 10.8. The van der Waals surface area contributed by atoms with E-state index in [9.17, 15) is 0 Å². The molecule has 2 rings (SSSR count). The summed E-state index contributed by atoms with van der Waals surface area (Å²) in [6.45, 7) is 3.97. The first-order valence-corrected chi connectivity index (χ1v) is 4.88. The van der Waals surface area contributed by atoms with Gasteiger partial charge in [0.25, 0.3) is 0 Å². The van der Waals surface area contributed by atoms with E-state index in [2.05, 4.69) is 15.3 Å². The number of aryl methyl sites for hydroxylation is 2. The van der Waals surface area contributed by atoms with Crippen LogP contribution in [-0.2, 0) is 0 Å². The van der Waals surface area contributed by atoms with Gasteiger partial charge in [0.15, 0.2) is 0 Å². The molecule has 15 heavy (non-hydrogen) atoms. The summed E-state index contributed by atoms with van der Waals surface area (Å²) in [6.07, 6.45) is 3.79. The van der Waals surface area contributed by atoms with E-state index in [0.29, 0.717) is 0 Å². The second-order valence-corrected chi connectivity index (χ2v) is 3.43. The Morgan fingerprint density at radius 2 is 2.13 bits per heavy atom. The summed E-state index contributed by atoms with van der Waals surface area (Å²) >= 11 is 0. The van der Waals surface area contributed by atoms with Crippen LogP contribution in [0.1, 0.15) is 11.4 Å². The molecule has 0 saturated carbocycles. The maximum Gasteiger partial charge on any atom is 0.207 e. The molecular formula is C11H14N4. The largest absolute Gasteiger partial charge is 0.358 e. The molecular weight excluding hydrogens is 188 g/mol. The predicted octanol–water partition coefficient (Wildman–Crippen LogP) is 1.93. The second kappa shape index (κ2) is 3.73. The lowest BCUT2D eigenvalue weighted by molar-refractivity contribution is 1.01. The molecule has 78 valence electrons. The number of nitrogens with one attached hydrogen (secondary N) is 1. The van der Waals surface area contributed by atoms with Crippen molar-refractivity contribution >= 4 is 5.95 Å². The zero-order valence-electron chi connectivity index (χ0n) is 9.15. The fraction of sp³-hybridized carbons (Fsp3) is 0.273. The number of rotatable bonds is 2. The zero-order valence-corrected chi connectivity index (χ0v) is 9.15. The Kier molecular flexibility index (Phi) is 2.41. The molecule has 0 aliphatic rings. The lowest BCUT2D eigenvalue weighted by Crippen LogP contribution is -2.02. The Hall–Kier alpha value is -1.84. The van der Waals surface area contributed by atoms with Gasteiger partial charge >= 0.3 is 0 Å². The van der Waals surface area contributed by atoms with Crippen molar-refractivity contribution in [2.75, 3.05) is 12.4 Å². The SMILES string of the molecule is CNc1nc(C)cn1-c1cccnc1C. The highest BCUT2D eigenvalue weighted by Crippen LogP contribution is 2.17. The first-order valence-electron chi connectivity index (χ1n) is 4.88. The summed E-state index contributed by atoms with van der Waals surface area (Å²) in [5.74, 6) is 0.837. The van der Waals surface area contributed by atoms with E-state index in [4.69, 9.17) is 0 Å². The Bertz CT molecular complexity index is 473. The molecule has 4 nitrogen and oxygen atoms in total. The number of anilines is 1. The van der Waals surface area contributed by atoms with Crippen LogP contribution in [-0.4, -0.2) is 21.6 Å². The first kappa shape index (κ1) is 9.71. The molecule has 0 bridgehead atoms. The van der Waals surface area contributed by atoms with Crippen LogP contribution in [0.5, 0.6) is 0 Å². The minimum Gasteiger partial charge on any atom is -0.358 e. The third-order valence-corrected chi connectivity index (χ3v) is 2.29. The molecule has 2 aromatic heterocycles. The van der Waals surface area contributed by atoms with Gasteiger partial charge in [-0.05, 0) is 26.0 Å². The van der Waals surface area contributed by atoms with Gasteiger partial charge in [0.05, 0.1) is 17.1 Å². The van der Waals surface area contributed by atoms with Gasteiger partial charge in [0, 0.05) is 19.4 Å². The molecule has 0 aliphatic carbocycles. The molecule has 0 unspecified atom stereocenters. The number of imidazole rings is 1. The summed E-state index contributed by atoms with van der Waals surface area (Å²) < 4.78 is 2.01. The topological polar surface area (TPSA) is 42.7 Å². The Morgan fingerprint density at radius 3 is 2.80 bits per heavy atom. The average molecular weight is 202 g/mol. The van der Waals surface area contributed by atoms with Crippen LogP contribution >= 0.6 is 0 Å². The molecule has 2 aromatic rings. The smallest absolute Gasteiger partial charge is 0.207 e. The summed E-state index contributed by atoms with van der Waals surface area (Å²) in [5.41, 5.74) is 3.04. The maximum atomic E-state index is 4.37. The van der Waals surface area contributed by atoms with Gasteiger partial charge in [-0.3, -0.25) is 9.55 Å². The predicted molar refractivity (Wildman–Crippen MR) is 60.4 cm³/mol. The molecule has 0 aliphatic heterocycles. The fourth-order valence-corrected chi connectivity index (χ4v) is 1.59. The molecule has 0 spiro atoms. The quantitative estimate of drug-likeness (QED) is 0.809. The van der Waals surface area contributed by atoms with Crippen molar-refractivity contribution in [3.05, 3.63) is 35.9 Å². The fourth-order valence-electron chi connectivity index (χ4n) is 1.59. The monoisotopic (exact) mass is 202 g/mol. The van der Waals surface area contributed by atoms with Crippen molar-refractivity contribution in [2.24, 2.45) is 0 Å². The van der Waals surface area contributed by atoms with Crippen LogP contribution in [0.4, 0.5) is 5.95 Å². The molecule has 4 heteroatoms. The maximum absolute atomic E-state index is 4.37. The van der Waals surface area contributed by atoms with Crippen LogP contribution in [0.25, 0.3) is 5.69 Å². The first-order chi connectivity index (χ1) is 7.22. The Balaban J connectivity index is 2.58. The second-order valence-electron chi connectivity index (χ2n) is 3.43. The molecule has 2 heterocycles. The van der Waals surface area contributed by atoms with Gasteiger partial charge in [-0.2, -0.15) is 0 Å². The van der Waals surface area contributed by atoms with Gasteiger partial charge in [-0.15, -0.1) is 0 Å². The van der Waals surface area contributed by atoms with E-state index in [1.165, 1.54) is 0 Å². The molecule has 0 atom stereocenters. The van der Waals surface area contributed by atoms with Crippen molar-refractivity contribution in [1.29, 1.82) is 0 Å². The highest BCUT2D eigenvalue weighted by molar-refractivity contribution is 5.44. The number of hydrogen-bond acceptors (Lipinski definition) is 3. The van der Waals surface area contributed by atoms with Gasteiger partial charge in [0.2, 0.25) is 5.95 Å². The number of pyridine rings is 1. The summed E-state index contributed by atoms with van der Waals surface area (Å²) in [5, 5.41) is 3.07. The van der Waals surface area contributed by atoms with Crippen molar-refractivity contribution < 1.29 is 0 Å². The minimum absolute atomic E-state index is 0.837. The van der Waals surface area contributed by atoms with E-state index >= 15 is 0 Å². The van der Waals surface area contributed by atoms with E-state index in [-0.39, 0.29) is 0 Å². The Labute approximate surface area is 89.0 Å². The molecule has 0 amide bonds. The lowest BCUT2D eigenvalue weighted by Gasteiger charge is -2.08. The van der Waals surface area contributed by atoms with E-state index in [1.807, 2.05) is 43.8 Å². The average Bonchev–Trinajstić information content (AvgIpc) is 2.60. The highest BCUT2D eigenvalue weighted by Gasteiger charge is 2.07. The molecule has 0 aromatic carbocycles. The van der Waals surface area contributed by atoms with Crippen LogP contribution in [0, 0.1) is 13.8 Å². The van der Waals surface area contributed by atoms with Gasteiger partial charge in [0.1, 0.15) is 0 Å². The van der Waals surface area contributed by atoms with E-state index in [0.717, 1.165) is 23.0 Å².